The maximum Gasteiger partial charge on any atom is 0.335 e. The number of nitrogens with zero attached hydrogens (tertiary/aromatic N) is 1. The molecule has 11 nitrogen and oxygen atoms in total. The molecule has 0 saturated heterocycles. The summed E-state index contributed by atoms with van der Waals surface area (Å²) in [5.41, 5.74) is 0.719. The first-order valence-electron chi connectivity index (χ1n) is 11.3. The molecule has 13 heteroatoms. The smallest absolute Gasteiger partial charge is 0.335 e. The first-order chi connectivity index (χ1) is 17.6. The lowest BCUT2D eigenvalue weighted by Gasteiger charge is -2.16. The predicted octanol–water partition coefficient (Wildman–Crippen LogP) is 2.38. The van der Waals surface area contributed by atoms with Crippen LogP contribution in [-0.4, -0.2) is 65.6 Å². The molecule has 37 heavy (non-hydrogen) atoms. The Morgan fingerprint density at radius 2 is 1.73 bits per heavy atom. The van der Waals surface area contributed by atoms with E-state index in [0.717, 1.165) is 31.2 Å². The number of carboxylic acid groups (broad SMARTS) is 2. The topological polar surface area (TPSA) is 169 Å². The Bertz CT molecular complexity index is 1200. The highest BCUT2D eigenvalue weighted by atomic mass is 35.5. The summed E-state index contributed by atoms with van der Waals surface area (Å²) < 4.78 is 0. The van der Waals surface area contributed by atoms with E-state index in [-0.39, 0.29) is 33.5 Å². The number of aliphatic imine (C=N–C) groups is 1. The summed E-state index contributed by atoms with van der Waals surface area (Å²) in [6.45, 7) is 2.16. The number of nitrogens with one attached hydrogen (secondary N) is 4. The molecule has 2 aromatic rings. The highest BCUT2D eigenvalue weighted by molar-refractivity contribution is 6.40. The van der Waals surface area contributed by atoms with E-state index < -0.39 is 23.9 Å². The molecular weight excluding hydrogens is 525 g/mol. The van der Waals surface area contributed by atoms with Crippen molar-refractivity contribution in [3.8, 4) is 0 Å². The van der Waals surface area contributed by atoms with Gasteiger partial charge in [0.15, 0.2) is 5.96 Å². The fourth-order valence-electron chi connectivity index (χ4n) is 3.50. The monoisotopic (exact) mass is 549 g/mol. The second kappa shape index (κ2) is 12.9. The molecular formula is C24H25Cl2N5O6. The van der Waals surface area contributed by atoms with Gasteiger partial charge in [0.1, 0.15) is 6.04 Å². The van der Waals surface area contributed by atoms with E-state index in [9.17, 15) is 24.3 Å². The molecule has 0 unspecified atom stereocenters. The van der Waals surface area contributed by atoms with E-state index in [1.165, 1.54) is 0 Å². The van der Waals surface area contributed by atoms with E-state index >= 15 is 0 Å². The van der Waals surface area contributed by atoms with Gasteiger partial charge in [0.25, 0.3) is 5.91 Å². The predicted molar refractivity (Wildman–Crippen MR) is 139 cm³/mol. The summed E-state index contributed by atoms with van der Waals surface area (Å²) in [6, 6.07) is 7.38. The lowest BCUT2D eigenvalue weighted by atomic mass is 10.0. The van der Waals surface area contributed by atoms with Gasteiger partial charge in [-0.15, -0.1) is 0 Å². The van der Waals surface area contributed by atoms with Crippen LogP contribution in [0.5, 0.6) is 0 Å². The van der Waals surface area contributed by atoms with Crippen molar-refractivity contribution in [1.29, 1.82) is 0 Å². The number of aliphatic carboxylic acids is 1. The normalized spacial score (nSPS) is 13.2. The largest absolute Gasteiger partial charge is 0.480 e. The minimum atomic E-state index is -1.31. The van der Waals surface area contributed by atoms with Crippen molar-refractivity contribution in [1.82, 2.24) is 16.0 Å². The average Bonchev–Trinajstić information content (AvgIpc) is 3.35. The van der Waals surface area contributed by atoms with Gasteiger partial charge in [0.05, 0.1) is 27.7 Å². The first kappa shape index (κ1) is 27.8. The fourth-order valence-corrected chi connectivity index (χ4v) is 4.16. The lowest BCUT2D eigenvalue weighted by Crippen LogP contribution is -2.42. The Balaban J connectivity index is 1.54. The van der Waals surface area contributed by atoms with Gasteiger partial charge < -0.3 is 31.5 Å². The highest BCUT2D eigenvalue weighted by Gasteiger charge is 2.25. The number of guanidine groups is 1. The standard InChI is InChI=1S/C24H25Cl2N5O6/c25-16-11-14(22(34)35)12-17(26)20(16)21(33)31-18(23(36)37)10-13-3-5-15(6-4-13)30-19(32)2-1-7-27-24-28-8-9-29-24/h3-6,11-12,18H,1-2,7-10H2,(H,30,32)(H,31,33)(H,34,35)(H,36,37)(H2,27,28,29)/t18-/m0/s1. The summed E-state index contributed by atoms with van der Waals surface area (Å²) in [5, 5.41) is 29.6. The molecule has 2 aromatic carbocycles. The minimum Gasteiger partial charge on any atom is -0.480 e. The first-order valence-corrected chi connectivity index (χ1v) is 12.1. The van der Waals surface area contributed by atoms with Crippen molar-refractivity contribution in [3.63, 3.8) is 0 Å². The van der Waals surface area contributed by atoms with Crippen molar-refractivity contribution in [3.05, 3.63) is 63.1 Å². The number of hydrogen-bond donors (Lipinski definition) is 6. The maximum absolute atomic E-state index is 12.7. The van der Waals surface area contributed by atoms with E-state index in [1.807, 2.05) is 0 Å². The van der Waals surface area contributed by atoms with Crippen LogP contribution >= 0.6 is 23.2 Å². The maximum atomic E-state index is 12.7. The molecule has 0 aliphatic carbocycles. The van der Waals surface area contributed by atoms with E-state index in [2.05, 4.69) is 26.3 Å². The molecule has 3 rings (SSSR count). The molecule has 1 heterocycles. The molecule has 2 amide bonds. The Kier molecular flexibility index (Phi) is 9.70. The van der Waals surface area contributed by atoms with Gasteiger partial charge in [-0.05, 0) is 36.2 Å². The Morgan fingerprint density at radius 3 is 2.30 bits per heavy atom. The SMILES string of the molecule is O=C(CCCNC1=NCCN1)Nc1ccc(C[C@H](NC(=O)c2c(Cl)cc(C(=O)O)cc2Cl)C(=O)O)cc1. The molecule has 196 valence electrons. The number of carbonyl (C=O) groups is 4. The molecule has 0 bridgehead atoms. The third-order valence-corrected chi connectivity index (χ3v) is 5.94. The van der Waals surface area contributed by atoms with Gasteiger partial charge in [-0.3, -0.25) is 14.6 Å². The van der Waals surface area contributed by atoms with Crippen LogP contribution in [0.1, 0.15) is 39.1 Å². The Hall–Kier alpha value is -3.83. The number of benzene rings is 2. The summed E-state index contributed by atoms with van der Waals surface area (Å²) in [5.74, 6) is -2.83. The zero-order chi connectivity index (χ0) is 26.9. The van der Waals surface area contributed by atoms with E-state index in [0.29, 0.717) is 30.6 Å². The van der Waals surface area contributed by atoms with Gasteiger partial charge >= 0.3 is 11.9 Å². The lowest BCUT2D eigenvalue weighted by molar-refractivity contribution is -0.139. The molecule has 0 spiro atoms. The van der Waals surface area contributed by atoms with Crippen LogP contribution in [0.3, 0.4) is 0 Å². The van der Waals surface area contributed by atoms with Gasteiger partial charge in [-0.1, -0.05) is 35.3 Å². The zero-order valence-corrected chi connectivity index (χ0v) is 21.0. The highest BCUT2D eigenvalue weighted by Crippen LogP contribution is 2.27. The molecule has 1 aliphatic rings. The molecule has 6 N–H and O–H groups in total. The van der Waals surface area contributed by atoms with Crippen LogP contribution in [0.15, 0.2) is 41.4 Å². The molecule has 0 fully saturated rings. The summed E-state index contributed by atoms with van der Waals surface area (Å²) in [7, 11) is 0. The number of hydrogen-bond acceptors (Lipinski definition) is 7. The summed E-state index contributed by atoms with van der Waals surface area (Å²) in [6.07, 6.45) is 0.882. The van der Waals surface area contributed by atoms with Crippen molar-refractivity contribution < 1.29 is 29.4 Å². The van der Waals surface area contributed by atoms with Crippen LogP contribution in [0.2, 0.25) is 10.0 Å². The zero-order valence-electron chi connectivity index (χ0n) is 19.5. The van der Waals surface area contributed by atoms with Gasteiger partial charge in [-0.2, -0.15) is 0 Å². The number of anilines is 1. The minimum absolute atomic E-state index is 0.0542. The number of carbonyl (C=O) groups excluding carboxylic acids is 2. The van der Waals surface area contributed by atoms with Crippen LogP contribution in [-0.2, 0) is 16.0 Å². The second-order valence-corrected chi connectivity index (χ2v) is 8.94. The fraction of sp³-hybridized carbons (Fsp3) is 0.292. The molecule has 0 saturated carbocycles. The number of rotatable bonds is 11. The van der Waals surface area contributed by atoms with Crippen LogP contribution < -0.4 is 21.3 Å². The number of carboxylic acids is 2. The van der Waals surface area contributed by atoms with Gasteiger partial charge in [0.2, 0.25) is 5.91 Å². The van der Waals surface area contributed by atoms with Crippen molar-refractivity contribution in [2.45, 2.75) is 25.3 Å². The van der Waals surface area contributed by atoms with E-state index in [1.54, 1.807) is 24.3 Å². The number of halogens is 2. The number of amides is 2. The van der Waals surface area contributed by atoms with Crippen LogP contribution in [0, 0.1) is 0 Å². The molecule has 1 atom stereocenters. The molecule has 0 radical (unpaired) electrons. The second-order valence-electron chi connectivity index (χ2n) is 8.12. The summed E-state index contributed by atoms with van der Waals surface area (Å²) >= 11 is 12.0. The average molecular weight is 550 g/mol. The van der Waals surface area contributed by atoms with Crippen molar-refractivity contribution in [2.24, 2.45) is 4.99 Å². The Morgan fingerprint density at radius 1 is 1.05 bits per heavy atom. The molecule has 1 aliphatic heterocycles. The van der Waals surface area contributed by atoms with Crippen molar-refractivity contribution >= 4 is 58.6 Å². The van der Waals surface area contributed by atoms with E-state index in [4.69, 9.17) is 28.3 Å². The van der Waals surface area contributed by atoms with Crippen molar-refractivity contribution in [2.75, 3.05) is 25.0 Å². The molecule has 0 aromatic heterocycles. The van der Waals surface area contributed by atoms with Crippen LogP contribution in [0.25, 0.3) is 0 Å². The third kappa shape index (κ3) is 8.09. The summed E-state index contributed by atoms with van der Waals surface area (Å²) in [4.78, 5) is 51.9. The van der Waals surface area contributed by atoms with Crippen LogP contribution in [0.4, 0.5) is 5.69 Å². The Labute approximate surface area is 222 Å². The van der Waals surface area contributed by atoms with Gasteiger partial charge in [-0.25, -0.2) is 9.59 Å². The van der Waals surface area contributed by atoms with Gasteiger partial charge in [0, 0.05) is 31.6 Å². The quantitative estimate of drug-likeness (QED) is 0.232. The third-order valence-electron chi connectivity index (χ3n) is 5.34. The number of aromatic carboxylic acids is 1.